The summed E-state index contributed by atoms with van der Waals surface area (Å²) in [5.41, 5.74) is 4.04. The number of rotatable bonds is 3. The van der Waals surface area contributed by atoms with Gasteiger partial charge in [-0.05, 0) is 41.0 Å². The predicted molar refractivity (Wildman–Crippen MR) is 109 cm³/mol. The van der Waals surface area contributed by atoms with Crippen LogP contribution in [0.15, 0.2) is 54.6 Å². The lowest BCUT2D eigenvalue weighted by Crippen LogP contribution is -2.33. The maximum Gasteiger partial charge on any atom is 0.319 e. The number of hydrogen-bond donors (Lipinski definition) is 4. The molecule has 7 heteroatoms. The van der Waals surface area contributed by atoms with Gasteiger partial charge in [0.1, 0.15) is 11.6 Å². The minimum absolute atomic E-state index is 0.0203. The molecule has 29 heavy (non-hydrogen) atoms. The first-order chi connectivity index (χ1) is 13.9. The number of carbonyl (C=O) groups excluding carboxylic acids is 2. The first kappa shape index (κ1) is 18.5. The van der Waals surface area contributed by atoms with E-state index < -0.39 is 5.82 Å². The summed E-state index contributed by atoms with van der Waals surface area (Å²) < 4.78 is 14.3. The Morgan fingerprint density at radius 2 is 1.76 bits per heavy atom. The highest BCUT2D eigenvalue weighted by Crippen LogP contribution is 2.39. The van der Waals surface area contributed by atoms with Gasteiger partial charge in [-0.1, -0.05) is 30.3 Å². The Kier molecular flexibility index (Phi) is 4.64. The zero-order valence-electron chi connectivity index (χ0n) is 15.5. The topological polar surface area (TPSA) is 90.5 Å². The molecular formula is C22H18FN3O3. The van der Waals surface area contributed by atoms with Crippen LogP contribution in [0.25, 0.3) is 22.3 Å². The lowest BCUT2D eigenvalue weighted by molar-refractivity contribution is -0.114. The van der Waals surface area contributed by atoms with Crippen molar-refractivity contribution in [3.63, 3.8) is 0 Å². The summed E-state index contributed by atoms with van der Waals surface area (Å²) in [6.45, 7) is 1.70. The maximum absolute atomic E-state index is 14.3. The Labute approximate surface area is 166 Å². The normalized spacial score (nSPS) is 12.6. The number of phenolic OH excluding ortho intramolecular Hbond substituents is 1. The summed E-state index contributed by atoms with van der Waals surface area (Å²) in [7, 11) is 0. The highest BCUT2D eigenvalue weighted by molar-refractivity contribution is 5.93. The van der Waals surface area contributed by atoms with Crippen molar-refractivity contribution >= 4 is 23.3 Å². The van der Waals surface area contributed by atoms with E-state index in [1.807, 2.05) is 12.1 Å². The third-order valence-electron chi connectivity index (χ3n) is 4.73. The molecule has 4 rings (SSSR count). The van der Waals surface area contributed by atoms with Gasteiger partial charge in [0.15, 0.2) is 0 Å². The largest absolute Gasteiger partial charge is 0.507 e. The van der Waals surface area contributed by atoms with E-state index in [1.165, 1.54) is 19.1 Å². The van der Waals surface area contributed by atoms with Crippen molar-refractivity contribution in [1.82, 2.24) is 5.32 Å². The molecule has 3 aromatic carbocycles. The Morgan fingerprint density at radius 3 is 2.45 bits per heavy atom. The number of urea groups is 1. The quantitative estimate of drug-likeness (QED) is 0.531. The van der Waals surface area contributed by atoms with Crippen LogP contribution in [-0.2, 0) is 11.3 Å². The molecule has 0 saturated heterocycles. The molecule has 4 N–H and O–H groups in total. The van der Waals surface area contributed by atoms with Gasteiger partial charge in [0.05, 0.1) is 5.69 Å². The number of hydrogen-bond acceptors (Lipinski definition) is 3. The van der Waals surface area contributed by atoms with Gasteiger partial charge in [0.25, 0.3) is 0 Å². The van der Waals surface area contributed by atoms with Gasteiger partial charge in [0, 0.05) is 30.3 Å². The Balaban J connectivity index is 1.72. The summed E-state index contributed by atoms with van der Waals surface area (Å²) in [5, 5.41) is 18.7. The van der Waals surface area contributed by atoms with Crippen molar-refractivity contribution in [3.8, 4) is 28.0 Å². The molecule has 0 unspecified atom stereocenters. The molecule has 146 valence electrons. The minimum Gasteiger partial charge on any atom is -0.507 e. The third-order valence-corrected chi connectivity index (χ3v) is 4.73. The van der Waals surface area contributed by atoms with E-state index in [0.29, 0.717) is 23.2 Å². The first-order valence-electron chi connectivity index (χ1n) is 9.00. The Hall–Kier alpha value is -3.87. The zero-order chi connectivity index (χ0) is 20.5. The number of anilines is 2. The number of amides is 3. The van der Waals surface area contributed by atoms with E-state index >= 15 is 0 Å². The summed E-state index contributed by atoms with van der Waals surface area (Å²) in [4.78, 5) is 22.6. The molecule has 0 aromatic heterocycles. The lowest BCUT2D eigenvalue weighted by atomic mass is 9.95. The van der Waals surface area contributed by atoms with Gasteiger partial charge in [-0.25, -0.2) is 9.18 Å². The average molecular weight is 391 g/mol. The molecule has 0 bridgehead atoms. The van der Waals surface area contributed by atoms with Crippen molar-refractivity contribution in [2.24, 2.45) is 0 Å². The molecule has 0 radical (unpaired) electrons. The second-order valence-electron chi connectivity index (χ2n) is 6.76. The molecule has 1 aliphatic rings. The first-order valence-corrected chi connectivity index (χ1v) is 9.00. The van der Waals surface area contributed by atoms with Crippen molar-refractivity contribution in [2.75, 3.05) is 10.6 Å². The van der Waals surface area contributed by atoms with Crippen LogP contribution in [0, 0.1) is 5.82 Å². The molecule has 0 aliphatic carbocycles. The van der Waals surface area contributed by atoms with Crippen molar-refractivity contribution < 1.29 is 19.1 Å². The molecule has 6 nitrogen and oxygen atoms in total. The molecule has 0 fully saturated rings. The molecule has 0 spiro atoms. The fraction of sp³-hybridized carbons (Fsp3) is 0.0909. The standard InChI is InChI=1S/C22H18FN3O3/c1-12(27)25-20-8-6-14(10-18(20)23)17-4-2-3-16(21(17)28)13-5-7-19-15(9-13)11-24-22(29)26-19/h2-10,28H,11H2,1H3,(H,25,27)(H2,24,26,29). The maximum atomic E-state index is 14.3. The number of fused-ring (bicyclic) bond motifs is 1. The fourth-order valence-corrected chi connectivity index (χ4v) is 3.35. The van der Waals surface area contributed by atoms with Gasteiger partial charge in [0.2, 0.25) is 5.91 Å². The van der Waals surface area contributed by atoms with Crippen LogP contribution in [0.1, 0.15) is 12.5 Å². The average Bonchev–Trinajstić information content (AvgIpc) is 2.69. The van der Waals surface area contributed by atoms with Crippen LogP contribution in [0.3, 0.4) is 0 Å². The molecule has 3 amide bonds. The van der Waals surface area contributed by atoms with E-state index in [0.717, 1.165) is 16.8 Å². The second-order valence-corrected chi connectivity index (χ2v) is 6.76. The third kappa shape index (κ3) is 3.62. The van der Waals surface area contributed by atoms with Gasteiger partial charge in [-0.15, -0.1) is 0 Å². The molecular weight excluding hydrogens is 373 g/mol. The molecule has 3 aromatic rings. The molecule has 0 atom stereocenters. The fourth-order valence-electron chi connectivity index (χ4n) is 3.35. The summed E-state index contributed by atoms with van der Waals surface area (Å²) in [6, 6.07) is 14.9. The molecule has 1 aliphatic heterocycles. The van der Waals surface area contributed by atoms with Crippen LogP contribution in [-0.4, -0.2) is 17.0 Å². The van der Waals surface area contributed by atoms with Gasteiger partial charge < -0.3 is 21.1 Å². The van der Waals surface area contributed by atoms with Gasteiger partial charge in [-0.2, -0.15) is 0 Å². The van der Waals surface area contributed by atoms with Crippen molar-refractivity contribution in [3.05, 3.63) is 66.0 Å². The number of halogens is 1. The Bertz CT molecular complexity index is 1140. The van der Waals surface area contributed by atoms with Gasteiger partial charge >= 0.3 is 6.03 Å². The summed E-state index contributed by atoms with van der Waals surface area (Å²) >= 11 is 0. The van der Waals surface area contributed by atoms with Crippen LogP contribution in [0.2, 0.25) is 0 Å². The van der Waals surface area contributed by atoms with E-state index in [2.05, 4.69) is 16.0 Å². The summed E-state index contributed by atoms with van der Waals surface area (Å²) in [5.74, 6) is -0.926. The van der Waals surface area contributed by atoms with Crippen molar-refractivity contribution in [1.29, 1.82) is 0 Å². The smallest absolute Gasteiger partial charge is 0.319 e. The SMILES string of the molecule is CC(=O)Nc1ccc(-c2cccc(-c3ccc4c(c3)CNC(=O)N4)c2O)cc1F. The molecule has 0 saturated carbocycles. The zero-order valence-corrected chi connectivity index (χ0v) is 15.5. The van der Waals surface area contributed by atoms with Crippen LogP contribution < -0.4 is 16.0 Å². The summed E-state index contributed by atoms with van der Waals surface area (Å²) in [6.07, 6.45) is 0. The monoisotopic (exact) mass is 391 g/mol. The number of carbonyl (C=O) groups is 2. The van der Waals surface area contributed by atoms with E-state index in [1.54, 1.807) is 30.3 Å². The highest BCUT2D eigenvalue weighted by Gasteiger charge is 2.17. The highest BCUT2D eigenvalue weighted by atomic mass is 19.1. The van der Waals surface area contributed by atoms with E-state index in [4.69, 9.17) is 0 Å². The van der Waals surface area contributed by atoms with Crippen LogP contribution in [0.5, 0.6) is 5.75 Å². The van der Waals surface area contributed by atoms with Crippen LogP contribution in [0.4, 0.5) is 20.6 Å². The number of aromatic hydroxyl groups is 1. The number of benzene rings is 3. The molecule has 1 heterocycles. The van der Waals surface area contributed by atoms with Gasteiger partial charge in [-0.3, -0.25) is 4.79 Å². The minimum atomic E-state index is -0.585. The number of phenols is 1. The number of nitrogens with one attached hydrogen (secondary N) is 3. The predicted octanol–water partition coefficient (Wildman–Crippen LogP) is 4.46. The van der Waals surface area contributed by atoms with E-state index in [9.17, 15) is 19.1 Å². The van der Waals surface area contributed by atoms with E-state index in [-0.39, 0.29) is 23.4 Å². The van der Waals surface area contributed by atoms with Crippen molar-refractivity contribution in [2.45, 2.75) is 13.5 Å². The number of para-hydroxylation sites is 1. The Morgan fingerprint density at radius 1 is 1.07 bits per heavy atom. The van der Waals surface area contributed by atoms with Crippen LogP contribution >= 0.6 is 0 Å². The second kappa shape index (κ2) is 7.27. The lowest BCUT2D eigenvalue weighted by Gasteiger charge is -2.19.